The summed E-state index contributed by atoms with van der Waals surface area (Å²) < 4.78 is 13.1. The Morgan fingerprint density at radius 2 is 1.59 bits per heavy atom. The van der Waals surface area contributed by atoms with Gasteiger partial charge in [-0.2, -0.15) is 0 Å². The summed E-state index contributed by atoms with van der Waals surface area (Å²) in [4.78, 5) is 34.5. The minimum Gasteiger partial charge on any atom is -0.324 e. The molecule has 0 saturated carbocycles. The van der Waals surface area contributed by atoms with Crippen LogP contribution >= 0.6 is 0 Å². The van der Waals surface area contributed by atoms with Crippen LogP contribution in [0, 0.1) is 5.82 Å². The highest BCUT2D eigenvalue weighted by molar-refractivity contribution is 5.94. The van der Waals surface area contributed by atoms with Gasteiger partial charge >= 0.3 is 6.03 Å². The minimum absolute atomic E-state index is 0.0530. The third kappa shape index (κ3) is 6.33. The largest absolute Gasteiger partial charge is 0.324 e. The second-order valence-corrected chi connectivity index (χ2v) is 9.15. The van der Waals surface area contributed by atoms with E-state index >= 15 is 0 Å². The first-order valence-electron chi connectivity index (χ1n) is 12.1. The molecule has 1 N–H and O–H groups in total. The number of likely N-dealkylation sites (N-methyl/N-ethyl adjacent to an activating group) is 1. The van der Waals surface area contributed by atoms with Gasteiger partial charge in [0, 0.05) is 69.7 Å². The number of piperidine rings is 1. The third-order valence-corrected chi connectivity index (χ3v) is 6.75. The first kappa shape index (κ1) is 24.2. The van der Waals surface area contributed by atoms with Crippen LogP contribution in [0.5, 0.6) is 0 Å². The van der Waals surface area contributed by atoms with Crippen LogP contribution in [0.4, 0.5) is 20.6 Å². The summed E-state index contributed by atoms with van der Waals surface area (Å²) in [6.07, 6.45) is 1.92. The number of hydrogen-bond donors (Lipinski definition) is 1. The van der Waals surface area contributed by atoms with Gasteiger partial charge in [-0.15, -0.1) is 0 Å². The SMILES string of the molecule is CN1CCN(CCC(=O)N(c2ccccc2)C2CCN(C(=O)Nc3ccc(F)cc3)CC2)CC1. The molecule has 0 aromatic heterocycles. The molecule has 34 heavy (non-hydrogen) atoms. The van der Waals surface area contributed by atoms with Gasteiger partial charge in [-0.3, -0.25) is 4.79 Å². The molecule has 0 unspecified atom stereocenters. The summed E-state index contributed by atoms with van der Waals surface area (Å²) >= 11 is 0. The van der Waals surface area contributed by atoms with E-state index in [9.17, 15) is 14.0 Å². The van der Waals surface area contributed by atoms with Gasteiger partial charge in [0.25, 0.3) is 0 Å². The molecule has 2 aliphatic rings. The van der Waals surface area contributed by atoms with E-state index < -0.39 is 0 Å². The second kappa shape index (κ2) is 11.4. The number of hydrogen-bond acceptors (Lipinski definition) is 4. The molecule has 2 aromatic carbocycles. The molecule has 2 saturated heterocycles. The molecule has 0 aliphatic carbocycles. The second-order valence-electron chi connectivity index (χ2n) is 9.15. The van der Waals surface area contributed by atoms with Crippen LogP contribution in [-0.2, 0) is 4.79 Å². The zero-order valence-corrected chi connectivity index (χ0v) is 19.8. The highest BCUT2D eigenvalue weighted by Gasteiger charge is 2.31. The van der Waals surface area contributed by atoms with E-state index in [1.807, 2.05) is 35.2 Å². The summed E-state index contributed by atoms with van der Waals surface area (Å²) in [7, 11) is 2.13. The minimum atomic E-state index is -0.336. The number of carbonyl (C=O) groups excluding carboxylic acids is 2. The molecule has 2 fully saturated rings. The lowest BCUT2D eigenvalue weighted by atomic mass is 10.0. The van der Waals surface area contributed by atoms with Crippen LogP contribution in [0.25, 0.3) is 0 Å². The number of urea groups is 1. The van der Waals surface area contributed by atoms with Gasteiger partial charge in [0.2, 0.25) is 5.91 Å². The molecule has 182 valence electrons. The fraction of sp³-hybridized carbons (Fsp3) is 0.462. The standard InChI is InChI=1S/C26H34FN5O2/c1-29-17-19-30(20-18-29)14-13-25(33)32(23-5-3-2-4-6-23)24-11-15-31(16-12-24)26(34)28-22-9-7-21(27)8-10-22/h2-10,24H,11-20H2,1H3,(H,28,34). The molecule has 0 bridgehead atoms. The van der Waals surface area contributed by atoms with Crippen molar-refractivity contribution in [2.24, 2.45) is 0 Å². The first-order chi connectivity index (χ1) is 16.5. The van der Waals surface area contributed by atoms with E-state index in [2.05, 4.69) is 22.2 Å². The van der Waals surface area contributed by atoms with Crippen molar-refractivity contribution in [3.05, 3.63) is 60.4 Å². The Kier molecular flexibility index (Phi) is 8.13. The number of piperazine rings is 1. The Balaban J connectivity index is 1.35. The van der Waals surface area contributed by atoms with Crippen LogP contribution in [0.1, 0.15) is 19.3 Å². The molecule has 2 aliphatic heterocycles. The van der Waals surface area contributed by atoms with Crippen LogP contribution in [0.2, 0.25) is 0 Å². The van der Waals surface area contributed by atoms with E-state index in [1.165, 1.54) is 12.1 Å². The normalized spacial score (nSPS) is 18.0. The first-order valence-corrected chi connectivity index (χ1v) is 12.1. The van der Waals surface area contributed by atoms with Crippen molar-refractivity contribution in [1.82, 2.24) is 14.7 Å². The van der Waals surface area contributed by atoms with Crippen molar-refractivity contribution in [3.8, 4) is 0 Å². The molecule has 8 heteroatoms. The van der Waals surface area contributed by atoms with Crippen molar-refractivity contribution < 1.29 is 14.0 Å². The summed E-state index contributed by atoms with van der Waals surface area (Å²) in [5.74, 6) is -0.198. The number of benzene rings is 2. The van der Waals surface area contributed by atoms with Gasteiger partial charge in [0.05, 0.1) is 0 Å². The molecule has 7 nitrogen and oxygen atoms in total. The number of carbonyl (C=O) groups is 2. The Hall–Kier alpha value is -2.97. The van der Waals surface area contributed by atoms with Crippen LogP contribution in [-0.4, -0.2) is 85.5 Å². The number of likely N-dealkylation sites (tertiary alicyclic amines) is 1. The molecule has 3 amide bonds. The fourth-order valence-electron chi connectivity index (χ4n) is 4.66. The van der Waals surface area contributed by atoms with Gasteiger partial charge in [-0.1, -0.05) is 18.2 Å². The van der Waals surface area contributed by atoms with E-state index in [0.717, 1.165) is 38.4 Å². The van der Waals surface area contributed by atoms with Gasteiger partial charge in [-0.25, -0.2) is 9.18 Å². The van der Waals surface area contributed by atoms with E-state index in [1.54, 1.807) is 17.0 Å². The predicted molar refractivity (Wildman–Crippen MR) is 132 cm³/mol. The molecule has 2 heterocycles. The average Bonchev–Trinajstić information content (AvgIpc) is 2.86. The number of nitrogens with one attached hydrogen (secondary N) is 1. The predicted octanol–water partition coefficient (Wildman–Crippen LogP) is 3.49. The lowest BCUT2D eigenvalue weighted by Gasteiger charge is -2.39. The zero-order valence-electron chi connectivity index (χ0n) is 19.8. The van der Waals surface area contributed by atoms with Crippen molar-refractivity contribution in [1.29, 1.82) is 0 Å². The van der Waals surface area contributed by atoms with Gasteiger partial charge < -0.3 is 24.9 Å². The monoisotopic (exact) mass is 467 g/mol. The van der Waals surface area contributed by atoms with Gasteiger partial charge in [0.15, 0.2) is 0 Å². The Morgan fingerprint density at radius 3 is 2.24 bits per heavy atom. The van der Waals surface area contributed by atoms with Crippen LogP contribution < -0.4 is 10.2 Å². The number of para-hydroxylation sites is 1. The molecular formula is C26H34FN5O2. The maximum Gasteiger partial charge on any atom is 0.321 e. The molecule has 0 radical (unpaired) electrons. The Labute approximate surface area is 201 Å². The maximum atomic E-state index is 13.4. The average molecular weight is 468 g/mol. The number of nitrogens with zero attached hydrogens (tertiary/aromatic N) is 4. The maximum absolute atomic E-state index is 13.4. The highest BCUT2D eigenvalue weighted by Crippen LogP contribution is 2.25. The van der Waals surface area contributed by atoms with Crippen molar-refractivity contribution in [3.63, 3.8) is 0 Å². The Bertz CT molecular complexity index is 939. The summed E-state index contributed by atoms with van der Waals surface area (Å²) in [5.41, 5.74) is 1.48. The van der Waals surface area contributed by atoms with Gasteiger partial charge in [0.1, 0.15) is 5.82 Å². The molecule has 4 rings (SSSR count). The zero-order chi connectivity index (χ0) is 23.9. The molecule has 0 spiro atoms. The number of rotatable bonds is 6. The van der Waals surface area contributed by atoms with Crippen LogP contribution in [0.3, 0.4) is 0 Å². The quantitative estimate of drug-likeness (QED) is 0.707. The number of anilines is 2. The summed E-state index contributed by atoms with van der Waals surface area (Å²) in [5, 5.41) is 2.83. The fourth-order valence-corrected chi connectivity index (χ4v) is 4.66. The highest BCUT2D eigenvalue weighted by atomic mass is 19.1. The molecule has 2 aromatic rings. The molecular weight excluding hydrogens is 433 g/mol. The summed E-state index contributed by atoms with van der Waals surface area (Å²) in [6.45, 7) is 5.96. The van der Waals surface area contributed by atoms with E-state index in [4.69, 9.17) is 0 Å². The van der Waals surface area contributed by atoms with E-state index in [-0.39, 0.29) is 23.8 Å². The van der Waals surface area contributed by atoms with Crippen molar-refractivity contribution >= 4 is 23.3 Å². The van der Waals surface area contributed by atoms with Gasteiger partial charge in [-0.05, 0) is 56.3 Å². The molecule has 0 atom stereocenters. The van der Waals surface area contributed by atoms with E-state index in [0.29, 0.717) is 38.0 Å². The number of halogens is 1. The lowest BCUT2D eigenvalue weighted by molar-refractivity contribution is -0.119. The Morgan fingerprint density at radius 1 is 0.941 bits per heavy atom. The lowest BCUT2D eigenvalue weighted by Crippen LogP contribution is -2.51. The van der Waals surface area contributed by atoms with Crippen molar-refractivity contribution in [2.45, 2.75) is 25.3 Å². The van der Waals surface area contributed by atoms with Crippen molar-refractivity contribution in [2.75, 3.05) is 63.1 Å². The smallest absolute Gasteiger partial charge is 0.321 e. The third-order valence-electron chi connectivity index (χ3n) is 6.75. The topological polar surface area (TPSA) is 59.1 Å². The number of amides is 3. The van der Waals surface area contributed by atoms with Crippen LogP contribution in [0.15, 0.2) is 54.6 Å². The summed E-state index contributed by atoms with van der Waals surface area (Å²) in [6, 6.07) is 15.5.